The SMILES string of the molecule is CC1=CC=C(OCC(C)O)C1. The van der Waals surface area contributed by atoms with Gasteiger partial charge in [-0.05, 0) is 19.9 Å². The molecule has 0 radical (unpaired) electrons. The van der Waals surface area contributed by atoms with E-state index in [0.29, 0.717) is 6.61 Å². The summed E-state index contributed by atoms with van der Waals surface area (Å²) in [5, 5.41) is 8.91. The van der Waals surface area contributed by atoms with Gasteiger partial charge in [-0.3, -0.25) is 0 Å². The minimum atomic E-state index is -0.378. The highest BCUT2D eigenvalue weighted by Gasteiger charge is 2.06. The van der Waals surface area contributed by atoms with Crippen LogP contribution in [-0.2, 0) is 4.74 Å². The molecule has 1 atom stereocenters. The van der Waals surface area contributed by atoms with Crippen LogP contribution in [0.4, 0.5) is 0 Å². The predicted molar refractivity (Wildman–Crippen MR) is 44.1 cm³/mol. The number of rotatable bonds is 3. The van der Waals surface area contributed by atoms with Crippen molar-refractivity contribution in [3.8, 4) is 0 Å². The molecule has 62 valence electrons. The normalized spacial score (nSPS) is 19.2. The Bertz CT molecular complexity index is 190. The zero-order valence-electron chi connectivity index (χ0n) is 7.00. The molecule has 0 saturated heterocycles. The van der Waals surface area contributed by atoms with Crippen LogP contribution in [0.25, 0.3) is 0 Å². The zero-order valence-corrected chi connectivity index (χ0v) is 7.00. The second kappa shape index (κ2) is 3.58. The van der Waals surface area contributed by atoms with Gasteiger partial charge in [0.25, 0.3) is 0 Å². The van der Waals surface area contributed by atoms with Gasteiger partial charge in [-0.25, -0.2) is 0 Å². The van der Waals surface area contributed by atoms with E-state index < -0.39 is 0 Å². The smallest absolute Gasteiger partial charge is 0.113 e. The fourth-order valence-electron chi connectivity index (χ4n) is 0.955. The van der Waals surface area contributed by atoms with E-state index in [2.05, 4.69) is 6.92 Å². The molecule has 0 aromatic heterocycles. The van der Waals surface area contributed by atoms with Crippen LogP contribution in [0.1, 0.15) is 20.3 Å². The molecular formula is C9H14O2. The molecule has 0 aliphatic heterocycles. The van der Waals surface area contributed by atoms with Crippen molar-refractivity contribution in [2.45, 2.75) is 26.4 Å². The first kappa shape index (κ1) is 8.34. The number of aliphatic hydroxyl groups is 1. The maximum atomic E-state index is 8.91. The molecule has 2 heteroatoms. The van der Waals surface area contributed by atoms with Crippen LogP contribution < -0.4 is 0 Å². The van der Waals surface area contributed by atoms with E-state index >= 15 is 0 Å². The monoisotopic (exact) mass is 154 g/mol. The molecule has 1 unspecified atom stereocenters. The van der Waals surface area contributed by atoms with E-state index in [4.69, 9.17) is 9.84 Å². The summed E-state index contributed by atoms with van der Waals surface area (Å²) < 4.78 is 5.29. The second-order valence-electron chi connectivity index (χ2n) is 2.98. The van der Waals surface area contributed by atoms with Crippen molar-refractivity contribution in [3.63, 3.8) is 0 Å². The lowest BCUT2D eigenvalue weighted by molar-refractivity contribution is 0.0823. The third kappa shape index (κ3) is 2.76. The average molecular weight is 154 g/mol. The lowest BCUT2D eigenvalue weighted by atomic mass is 10.3. The first-order chi connectivity index (χ1) is 5.18. The van der Waals surface area contributed by atoms with Gasteiger partial charge in [-0.15, -0.1) is 0 Å². The third-order valence-electron chi connectivity index (χ3n) is 1.52. The van der Waals surface area contributed by atoms with E-state index in [-0.39, 0.29) is 6.10 Å². The Balaban J connectivity index is 2.21. The summed E-state index contributed by atoms with van der Waals surface area (Å²) in [7, 11) is 0. The van der Waals surface area contributed by atoms with Crippen LogP contribution in [0, 0.1) is 0 Å². The number of hydrogen-bond acceptors (Lipinski definition) is 2. The van der Waals surface area contributed by atoms with Gasteiger partial charge in [0.2, 0.25) is 0 Å². The Labute approximate surface area is 67.2 Å². The maximum absolute atomic E-state index is 8.91. The molecule has 1 rings (SSSR count). The molecular weight excluding hydrogens is 140 g/mol. The predicted octanol–water partition coefficient (Wildman–Crippen LogP) is 1.62. The van der Waals surface area contributed by atoms with Crippen molar-refractivity contribution in [1.29, 1.82) is 0 Å². The summed E-state index contributed by atoms with van der Waals surface area (Å²) >= 11 is 0. The van der Waals surface area contributed by atoms with Crippen molar-refractivity contribution in [3.05, 3.63) is 23.5 Å². The van der Waals surface area contributed by atoms with Crippen LogP contribution in [0.5, 0.6) is 0 Å². The highest BCUT2D eigenvalue weighted by atomic mass is 16.5. The zero-order chi connectivity index (χ0) is 8.27. The standard InChI is InChI=1S/C9H14O2/c1-7-3-4-9(5-7)11-6-8(2)10/h3-4,8,10H,5-6H2,1-2H3. The fraction of sp³-hybridized carbons (Fsp3) is 0.556. The summed E-state index contributed by atoms with van der Waals surface area (Å²) in [5.74, 6) is 0.961. The van der Waals surface area contributed by atoms with Gasteiger partial charge in [-0.2, -0.15) is 0 Å². The van der Waals surface area contributed by atoms with Crippen LogP contribution >= 0.6 is 0 Å². The van der Waals surface area contributed by atoms with Gasteiger partial charge in [0.05, 0.1) is 6.10 Å². The van der Waals surface area contributed by atoms with Gasteiger partial charge < -0.3 is 9.84 Å². The van der Waals surface area contributed by atoms with E-state index in [1.165, 1.54) is 5.57 Å². The van der Waals surface area contributed by atoms with Crippen molar-refractivity contribution in [2.24, 2.45) is 0 Å². The van der Waals surface area contributed by atoms with E-state index in [0.717, 1.165) is 12.2 Å². The molecule has 0 fully saturated rings. The first-order valence-electron chi connectivity index (χ1n) is 3.85. The summed E-state index contributed by atoms with van der Waals surface area (Å²) in [5.41, 5.74) is 1.31. The Kier molecular flexibility index (Phi) is 2.71. The van der Waals surface area contributed by atoms with Crippen LogP contribution in [-0.4, -0.2) is 17.8 Å². The Hall–Kier alpha value is -0.760. The van der Waals surface area contributed by atoms with Crippen LogP contribution in [0.15, 0.2) is 23.5 Å². The number of allylic oxidation sites excluding steroid dienone is 3. The van der Waals surface area contributed by atoms with Gasteiger partial charge in [0.1, 0.15) is 12.4 Å². The first-order valence-corrected chi connectivity index (χ1v) is 3.85. The Morgan fingerprint density at radius 3 is 2.82 bits per heavy atom. The summed E-state index contributed by atoms with van der Waals surface area (Å²) in [6.07, 6.45) is 4.51. The lowest BCUT2D eigenvalue weighted by Gasteiger charge is -2.08. The van der Waals surface area contributed by atoms with Gasteiger partial charge >= 0.3 is 0 Å². The molecule has 1 N–H and O–H groups in total. The van der Waals surface area contributed by atoms with Crippen LogP contribution in [0.3, 0.4) is 0 Å². The van der Waals surface area contributed by atoms with Gasteiger partial charge in [0.15, 0.2) is 0 Å². The number of hydrogen-bond donors (Lipinski definition) is 1. The molecule has 0 saturated carbocycles. The van der Waals surface area contributed by atoms with Crippen LogP contribution in [0.2, 0.25) is 0 Å². The van der Waals surface area contributed by atoms with Crippen molar-refractivity contribution in [1.82, 2.24) is 0 Å². The van der Waals surface area contributed by atoms with E-state index in [1.54, 1.807) is 6.92 Å². The molecule has 0 bridgehead atoms. The fourth-order valence-corrected chi connectivity index (χ4v) is 0.955. The molecule has 0 spiro atoms. The van der Waals surface area contributed by atoms with Gasteiger partial charge in [-0.1, -0.05) is 11.6 Å². The molecule has 0 amide bonds. The van der Waals surface area contributed by atoms with E-state index in [9.17, 15) is 0 Å². The minimum absolute atomic E-state index is 0.378. The van der Waals surface area contributed by atoms with E-state index in [1.807, 2.05) is 12.2 Å². The number of ether oxygens (including phenoxy) is 1. The Morgan fingerprint density at radius 1 is 1.64 bits per heavy atom. The molecule has 1 aliphatic rings. The number of aliphatic hydroxyl groups excluding tert-OH is 1. The largest absolute Gasteiger partial charge is 0.495 e. The quantitative estimate of drug-likeness (QED) is 0.669. The lowest BCUT2D eigenvalue weighted by Crippen LogP contribution is -2.09. The summed E-state index contributed by atoms with van der Waals surface area (Å²) in [4.78, 5) is 0. The second-order valence-corrected chi connectivity index (χ2v) is 2.98. The van der Waals surface area contributed by atoms with Crippen molar-refractivity contribution in [2.75, 3.05) is 6.61 Å². The minimum Gasteiger partial charge on any atom is -0.495 e. The molecule has 11 heavy (non-hydrogen) atoms. The highest BCUT2D eigenvalue weighted by molar-refractivity contribution is 5.25. The highest BCUT2D eigenvalue weighted by Crippen LogP contribution is 2.18. The summed E-state index contributed by atoms with van der Waals surface area (Å²) in [6.45, 7) is 4.18. The Morgan fingerprint density at radius 2 is 2.36 bits per heavy atom. The maximum Gasteiger partial charge on any atom is 0.113 e. The molecule has 0 heterocycles. The molecule has 1 aliphatic carbocycles. The van der Waals surface area contributed by atoms with Crippen molar-refractivity contribution >= 4 is 0 Å². The third-order valence-corrected chi connectivity index (χ3v) is 1.52. The van der Waals surface area contributed by atoms with Crippen molar-refractivity contribution < 1.29 is 9.84 Å². The molecule has 0 aromatic carbocycles. The average Bonchev–Trinajstić information content (AvgIpc) is 2.31. The molecule has 0 aromatic rings. The topological polar surface area (TPSA) is 29.5 Å². The molecule has 2 nitrogen and oxygen atoms in total. The summed E-state index contributed by atoms with van der Waals surface area (Å²) in [6, 6.07) is 0. The van der Waals surface area contributed by atoms with Gasteiger partial charge in [0, 0.05) is 6.42 Å².